The van der Waals surface area contributed by atoms with E-state index in [1.165, 1.54) is 59.9 Å². The first kappa shape index (κ1) is 21.7. The van der Waals surface area contributed by atoms with E-state index in [0.29, 0.717) is 0 Å². The van der Waals surface area contributed by atoms with Crippen LogP contribution in [0.5, 0.6) is 0 Å². The number of hydrogen-bond donors (Lipinski definition) is 0. The lowest BCUT2D eigenvalue weighted by Gasteiger charge is -2.27. The highest BCUT2D eigenvalue weighted by Gasteiger charge is 2.20. The van der Waals surface area contributed by atoms with Crippen molar-refractivity contribution in [1.82, 2.24) is 9.97 Å². The van der Waals surface area contributed by atoms with Gasteiger partial charge in [0, 0.05) is 18.8 Å². The second kappa shape index (κ2) is 10.7. The van der Waals surface area contributed by atoms with Gasteiger partial charge in [-0.2, -0.15) is 0 Å². The number of rotatable bonds is 8. The number of aromatic nitrogens is 2. The van der Waals surface area contributed by atoms with Crippen LogP contribution >= 0.6 is 0 Å². The lowest BCUT2D eigenvalue weighted by molar-refractivity contribution is 0.268. The summed E-state index contributed by atoms with van der Waals surface area (Å²) in [6, 6.07) is 17.9. The Hall–Kier alpha value is -2.48. The lowest BCUT2D eigenvalue weighted by atomic mass is 9.79. The molecule has 3 aromatic rings. The number of hydrogen-bond acceptors (Lipinski definition) is 2. The molecule has 1 aliphatic rings. The summed E-state index contributed by atoms with van der Waals surface area (Å²) in [5, 5.41) is 0. The maximum Gasteiger partial charge on any atom is 0.132 e. The number of aryl methyl sites for hydroxylation is 1. The molecule has 0 N–H and O–H groups in total. The van der Waals surface area contributed by atoms with Gasteiger partial charge < -0.3 is 0 Å². The summed E-state index contributed by atoms with van der Waals surface area (Å²) in [6.45, 7) is 4.53. The van der Waals surface area contributed by atoms with E-state index in [4.69, 9.17) is 0 Å². The standard InChI is InChI=1S/C29H36N2/c1-3-22-5-9-24(10-6-22)17-25-13-15-27(16-14-25)19-29-30-20-28(21-31-29)18-26-11-7-23(4-2)8-12-26/h5-6,9-10,13-16,20-21,23,26H,3-4,7-8,11-12,17-19H2,1-2H3. The first-order valence-corrected chi connectivity index (χ1v) is 12.2. The van der Waals surface area contributed by atoms with Gasteiger partial charge in [-0.05, 0) is 71.8 Å². The Kier molecular flexibility index (Phi) is 7.51. The van der Waals surface area contributed by atoms with Crippen LogP contribution in [0, 0.1) is 11.8 Å². The Bertz CT molecular complexity index is 918. The maximum atomic E-state index is 4.67. The zero-order chi connectivity index (χ0) is 21.5. The summed E-state index contributed by atoms with van der Waals surface area (Å²) in [7, 11) is 0. The smallest absolute Gasteiger partial charge is 0.132 e. The van der Waals surface area contributed by atoms with Crippen LogP contribution < -0.4 is 0 Å². The van der Waals surface area contributed by atoms with Crippen LogP contribution in [0.3, 0.4) is 0 Å². The highest BCUT2D eigenvalue weighted by Crippen LogP contribution is 2.32. The predicted octanol–water partition coefficient (Wildman–Crippen LogP) is 6.98. The molecule has 0 amide bonds. The predicted molar refractivity (Wildman–Crippen MR) is 129 cm³/mol. The van der Waals surface area contributed by atoms with E-state index < -0.39 is 0 Å². The second-order valence-electron chi connectivity index (χ2n) is 9.35. The molecule has 162 valence electrons. The van der Waals surface area contributed by atoms with Gasteiger partial charge in [0.15, 0.2) is 0 Å². The van der Waals surface area contributed by atoms with Crippen molar-refractivity contribution >= 4 is 0 Å². The zero-order valence-corrected chi connectivity index (χ0v) is 19.2. The molecule has 0 bridgehead atoms. The van der Waals surface area contributed by atoms with Crippen molar-refractivity contribution in [3.63, 3.8) is 0 Å². The van der Waals surface area contributed by atoms with Gasteiger partial charge in [-0.1, -0.05) is 81.6 Å². The molecule has 1 fully saturated rings. The molecular weight excluding hydrogens is 376 g/mol. The molecule has 0 aliphatic heterocycles. The van der Waals surface area contributed by atoms with Gasteiger partial charge in [0.05, 0.1) is 0 Å². The van der Waals surface area contributed by atoms with E-state index in [-0.39, 0.29) is 0 Å². The van der Waals surface area contributed by atoms with Crippen molar-refractivity contribution in [2.75, 3.05) is 0 Å². The molecule has 2 heteroatoms. The van der Waals surface area contributed by atoms with Gasteiger partial charge in [0.2, 0.25) is 0 Å². The Morgan fingerprint density at radius 3 is 1.61 bits per heavy atom. The summed E-state index contributed by atoms with van der Waals surface area (Å²) in [5.74, 6) is 2.70. The van der Waals surface area contributed by atoms with E-state index in [1.807, 2.05) is 0 Å². The second-order valence-corrected chi connectivity index (χ2v) is 9.35. The average Bonchev–Trinajstić information content (AvgIpc) is 2.82. The minimum Gasteiger partial charge on any atom is -0.241 e. The molecule has 2 nitrogen and oxygen atoms in total. The summed E-state index contributed by atoms with van der Waals surface area (Å²) >= 11 is 0. The molecule has 1 saturated carbocycles. The maximum absolute atomic E-state index is 4.67. The topological polar surface area (TPSA) is 25.8 Å². The fourth-order valence-electron chi connectivity index (χ4n) is 4.84. The van der Waals surface area contributed by atoms with Gasteiger partial charge in [-0.3, -0.25) is 0 Å². The van der Waals surface area contributed by atoms with Crippen molar-refractivity contribution in [3.05, 3.63) is 94.6 Å². The van der Waals surface area contributed by atoms with E-state index >= 15 is 0 Å². The Morgan fingerprint density at radius 2 is 1.10 bits per heavy atom. The highest BCUT2D eigenvalue weighted by molar-refractivity contribution is 5.31. The number of benzene rings is 2. The molecule has 1 heterocycles. The molecule has 1 aliphatic carbocycles. The normalized spacial score (nSPS) is 18.8. The quantitative estimate of drug-likeness (QED) is 0.399. The molecule has 31 heavy (non-hydrogen) atoms. The summed E-state index contributed by atoms with van der Waals surface area (Å²) < 4.78 is 0. The van der Waals surface area contributed by atoms with Crippen molar-refractivity contribution in [2.45, 2.75) is 71.6 Å². The van der Waals surface area contributed by atoms with Crippen LogP contribution in [0.1, 0.15) is 79.6 Å². The Balaban J connectivity index is 1.28. The monoisotopic (exact) mass is 412 g/mol. The Labute approximate surface area is 188 Å². The molecule has 1 aromatic heterocycles. The van der Waals surface area contributed by atoms with Gasteiger partial charge in [-0.15, -0.1) is 0 Å². The number of nitrogens with zero attached hydrogens (tertiary/aromatic N) is 2. The first-order chi connectivity index (χ1) is 15.2. The van der Waals surface area contributed by atoms with Gasteiger partial charge in [0.25, 0.3) is 0 Å². The van der Waals surface area contributed by atoms with Crippen molar-refractivity contribution < 1.29 is 0 Å². The summed E-state index contributed by atoms with van der Waals surface area (Å²) in [5.41, 5.74) is 6.69. The molecule has 0 unspecified atom stereocenters. The summed E-state index contributed by atoms with van der Waals surface area (Å²) in [4.78, 5) is 9.33. The fraction of sp³-hybridized carbons (Fsp3) is 0.448. The molecule has 4 rings (SSSR count). The highest BCUT2D eigenvalue weighted by atomic mass is 14.9. The Morgan fingerprint density at radius 1 is 0.613 bits per heavy atom. The van der Waals surface area contributed by atoms with Crippen molar-refractivity contribution in [2.24, 2.45) is 11.8 Å². The van der Waals surface area contributed by atoms with E-state index in [2.05, 4.69) is 84.7 Å². The van der Waals surface area contributed by atoms with Crippen LogP contribution in [0.15, 0.2) is 60.9 Å². The van der Waals surface area contributed by atoms with Gasteiger partial charge in [0.1, 0.15) is 5.82 Å². The first-order valence-electron chi connectivity index (χ1n) is 12.2. The van der Waals surface area contributed by atoms with Crippen molar-refractivity contribution in [3.8, 4) is 0 Å². The third-order valence-corrected chi connectivity index (χ3v) is 7.05. The van der Waals surface area contributed by atoms with Crippen molar-refractivity contribution in [1.29, 1.82) is 0 Å². The molecule has 0 saturated heterocycles. The molecular formula is C29H36N2. The largest absolute Gasteiger partial charge is 0.241 e. The van der Waals surface area contributed by atoms with Crippen LogP contribution in [-0.2, 0) is 25.7 Å². The average molecular weight is 413 g/mol. The van der Waals surface area contributed by atoms with Crippen LogP contribution in [-0.4, -0.2) is 9.97 Å². The lowest BCUT2D eigenvalue weighted by Crippen LogP contribution is -2.16. The van der Waals surface area contributed by atoms with Gasteiger partial charge in [-0.25, -0.2) is 9.97 Å². The molecule has 0 spiro atoms. The third-order valence-electron chi connectivity index (χ3n) is 7.05. The minimum atomic E-state index is 0.799. The van der Waals surface area contributed by atoms with Crippen LogP contribution in [0.25, 0.3) is 0 Å². The molecule has 0 radical (unpaired) electrons. The van der Waals surface area contributed by atoms with E-state index in [1.54, 1.807) is 0 Å². The van der Waals surface area contributed by atoms with Crippen LogP contribution in [0.2, 0.25) is 0 Å². The van der Waals surface area contributed by atoms with Crippen LogP contribution in [0.4, 0.5) is 0 Å². The van der Waals surface area contributed by atoms with E-state index in [0.717, 1.165) is 43.3 Å². The SMILES string of the molecule is CCc1ccc(Cc2ccc(Cc3ncc(CC4CCC(CC)CC4)cn3)cc2)cc1. The summed E-state index contributed by atoms with van der Waals surface area (Å²) in [6.07, 6.45) is 15.0. The molecule has 2 aromatic carbocycles. The van der Waals surface area contributed by atoms with E-state index in [9.17, 15) is 0 Å². The molecule has 0 atom stereocenters. The fourth-order valence-corrected chi connectivity index (χ4v) is 4.84. The zero-order valence-electron chi connectivity index (χ0n) is 19.2. The third kappa shape index (κ3) is 6.26. The van der Waals surface area contributed by atoms with Gasteiger partial charge >= 0.3 is 0 Å². The minimum absolute atomic E-state index is 0.799.